The van der Waals surface area contributed by atoms with Crippen LogP contribution < -0.4 is 10.5 Å². The van der Waals surface area contributed by atoms with Crippen LogP contribution in [0.3, 0.4) is 0 Å². The highest BCUT2D eigenvalue weighted by Gasteiger charge is 2.21. The number of hydrogen-bond donors (Lipinski definition) is 2. The van der Waals surface area contributed by atoms with Gasteiger partial charge in [-0.2, -0.15) is 0 Å². The predicted octanol–water partition coefficient (Wildman–Crippen LogP) is 3.30. The summed E-state index contributed by atoms with van der Waals surface area (Å²) >= 11 is 7.47. The topological polar surface area (TPSA) is 92.2 Å². The van der Waals surface area contributed by atoms with Gasteiger partial charge in [0.25, 0.3) is 10.0 Å². The maximum absolute atomic E-state index is 12.6. The molecule has 0 aliphatic heterocycles. The Morgan fingerprint density at radius 2 is 2.00 bits per heavy atom. The molecule has 3 aromatic rings. The number of hydrogen-bond acceptors (Lipinski definition) is 5. The smallest absolute Gasteiger partial charge is 0.408 e. The summed E-state index contributed by atoms with van der Waals surface area (Å²) in [6.45, 7) is 0. The summed E-state index contributed by atoms with van der Waals surface area (Å²) in [4.78, 5) is 14.2. The number of benzene rings is 2. The zero-order valence-electron chi connectivity index (χ0n) is 11.8. The number of sulfonamides is 1. The molecule has 0 atom stereocenters. The van der Waals surface area contributed by atoms with E-state index in [0.717, 1.165) is 4.90 Å². The molecular formula is C14H11ClN2O4S2. The number of fused-ring (bicyclic) bond motifs is 1. The summed E-state index contributed by atoms with van der Waals surface area (Å²) in [5, 5.41) is -0.0105. The van der Waals surface area contributed by atoms with Gasteiger partial charge in [-0.15, -0.1) is 11.8 Å². The van der Waals surface area contributed by atoms with Gasteiger partial charge < -0.3 is 4.42 Å². The van der Waals surface area contributed by atoms with Crippen LogP contribution in [-0.2, 0) is 10.0 Å². The Morgan fingerprint density at radius 1 is 1.26 bits per heavy atom. The van der Waals surface area contributed by atoms with Crippen LogP contribution in [0.25, 0.3) is 11.1 Å². The van der Waals surface area contributed by atoms with Crippen molar-refractivity contribution in [1.29, 1.82) is 0 Å². The highest BCUT2D eigenvalue weighted by atomic mass is 35.5. The maximum Gasteiger partial charge on any atom is 0.417 e. The second kappa shape index (κ2) is 5.95. The number of para-hydroxylation sites is 1. The molecule has 2 N–H and O–H groups in total. The van der Waals surface area contributed by atoms with E-state index in [1.807, 2.05) is 12.3 Å². The van der Waals surface area contributed by atoms with Crippen LogP contribution in [0.2, 0.25) is 5.02 Å². The second-order valence-corrected chi connectivity index (χ2v) is 7.51. The SMILES string of the molecule is CSc1ccccc1NS(=O)(=O)c1cc2oc(=O)[nH]c2cc1Cl. The Balaban J connectivity index is 2.09. The zero-order chi connectivity index (χ0) is 16.6. The van der Waals surface area contributed by atoms with E-state index in [1.54, 1.807) is 18.2 Å². The predicted molar refractivity (Wildman–Crippen MR) is 90.9 cm³/mol. The third kappa shape index (κ3) is 3.10. The van der Waals surface area contributed by atoms with Gasteiger partial charge in [-0.3, -0.25) is 9.71 Å². The minimum absolute atomic E-state index is 0.0105. The lowest BCUT2D eigenvalue weighted by Crippen LogP contribution is -2.14. The number of H-pyrrole nitrogens is 1. The summed E-state index contributed by atoms with van der Waals surface area (Å²) in [5.41, 5.74) is 0.910. The molecule has 0 aliphatic rings. The standard InChI is InChI=1S/C14H11ClN2O4S2/c1-22-12-5-3-2-4-9(12)17-23(19,20)13-7-11-10(6-8(13)15)16-14(18)21-11/h2-7,17H,1H3,(H,16,18). The average molecular weight is 371 g/mol. The molecule has 0 spiro atoms. The molecule has 3 rings (SSSR count). The average Bonchev–Trinajstić information content (AvgIpc) is 2.85. The molecule has 9 heteroatoms. The first kappa shape index (κ1) is 16.0. The van der Waals surface area contributed by atoms with Gasteiger partial charge in [-0.25, -0.2) is 13.2 Å². The van der Waals surface area contributed by atoms with Crippen LogP contribution in [0.5, 0.6) is 0 Å². The molecule has 2 aromatic carbocycles. The van der Waals surface area contributed by atoms with Gasteiger partial charge in [0.05, 0.1) is 16.2 Å². The largest absolute Gasteiger partial charge is 0.417 e. The fourth-order valence-corrected chi connectivity index (χ4v) is 4.33. The quantitative estimate of drug-likeness (QED) is 0.687. The summed E-state index contributed by atoms with van der Waals surface area (Å²) in [7, 11) is -3.93. The molecule has 0 aliphatic carbocycles. The zero-order valence-corrected chi connectivity index (χ0v) is 14.2. The van der Waals surface area contributed by atoms with Crippen molar-refractivity contribution in [2.24, 2.45) is 0 Å². The Hall–Kier alpha value is -1.90. The Labute approximate surface area is 140 Å². The van der Waals surface area contributed by atoms with Gasteiger partial charge in [0.1, 0.15) is 4.90 Å². The molecule has 120 valence electrons. The summed E-state index contributed by atoms with van der Waals surface area (Å²) < 4.78 is 32.6. The number of halogens is 1. The van der Waals surface area contributed by atoms with Crippen LogP contribution in [-0.4, -0.2) is 19.7 Å². The van der Waals surface area contributed by atoms with Crippen molar-refractivity contribution in [3.05, 3.63) is 52.0 Å². The highest BCUT2D eigenvalue weighted by molar-refractivity contribution is 7.99. The van der Waals surface area contributed by atoms with E-state index in [1.165, 1.54) is 23.9 Å². The van der Waals surface area contributed by atoms with Gasteiger partial charge >= 0.3 is 5.76 Å². The van der Waals surface area contributed by atoms with Gasteiger partial charge in [-0.1, -0.05) is 23.7 Å². The lowest BCUT2D eigenvalue weighted by Gasteiger charge is -2.12. The first-order valence-electron chi connectivity index (χ1n) is 6.39. The van der Waals surface area contributed by atoms with E-state index >= 15 is 0 Å². The molecule has 0 amide bonds. The third-order valence-electron chi connectivity index (χ3n) is 3.11. The van der Waals surface area contributed by atoms with Gasteiger partial charge in [0.2, 0.25) is 0 Å². The maximum atomic E-state index is 12.6. The Kier molecular flexibility index (Phi) is 4.13. The number of nitrogens with one attached hydrogen (secondary N) is 2. The second-order valence-electron chi connectivity index (χ2n) is 4.60. The fraction of sp³-hybridized carbons (Fsp3) is 0.0714. The number of oxazole rings is 1. The molecule has 0 fully saturated rings. The summed E-state index contributed by atoms with van der Waals surface area (Å²) in [6, 6.07) is 9.58. The summed E-state index contributed by atoms with van der Waals surface area (Å²) in [6.07, 6.45) is 1.85. The molecule has 0 unspecified atom stereocenters. The van der Waals surface area contributed by atoms with Gasteiger partial charge in [-0.05, 0) is 24.5 Å². The van der Waals surface area contributed by atoms with Crippen molar-refractivity contribution in [3.8, 4) is 0 Å². The number of anilines is 1. The lowest BCUT2D eigenvalue weighted by atomic mass is 10.3. The van der Waals surface area contributed by atoms with Crippen molar-refractivity contribution >= 4 is 50.2 Å². The first-order chi connectivity index (χ1) is 10.9. The number of aromatic nitrogens is 1. The van der Waals surface area contributed by atoms with Crippen molar-refractivity contribution < 1.29 is 12.8 Å². The van der Waals surface area contributed by atoms with Crippen LogP contribution in [0.4, 0.5) is 5.69 Å². The molecule has 0 radical (unpaired) electrons. The van der Waals surface area contributed by atoms with Crippen LogP contribution >= 0.6 is 23.4 Å². The van der Waals surface area contributed by atoms with E-state index in [2.05, 4.69) is 9.71 Å². The Morgan fingerprint density at radius 3 is 2.74 bits per heavy atom. The van der Waals surface area contributed by atoms with Crippen LogP contribution in [0, 0.1) is 0 Å². The number of rotatable bonds is 4. The highest BCUT2D eigenvalue weighted by Crippen LogP contribution is 2.31. The number of aromatic amines is 1. The minimum atomic E-state index is -3.93. The first-order valence-corrected chi connectivity index (χ1v) is 9.47. The van der Waals surface area contributed by atoms with Crippen molar-refractivity contribution in [2.45, 2.75) is 9.79 Å². The number of thioether (sulfide) groups is 1. The molecule has 1 heterocycles. The molecular weight excluding hydrogens is 360 g/mol. The normalized spacial score (nSPS) is 11.7. The molecule has 0 saturated heterocycles. The van der Waals surface area contributed by atoms with Gasteiger partial charge in [0, 0.05) is 11.0 Å². The minimum Gasteiger partial charge on any atom is -0.408 e. The van der Waals surface area contributed by atoms with E-state index < -0.39 is 15.8 Å². The van der Waals surface area contributed by atoms with E-state index in [-0.39, 0.29) is 15.5 Å². The fourth-order valence-electron chi connectivity index (χ4n) is 2.09. The third-order valence-corrected chi connectivity index (χ3v) is 5.74. The molecule has 1 aromatic heterocycles. The molecule has 0 saturated carbocycles. The summed E-state index contributed by atoms with van der Waals surface area (Å²) in [5.74, 6) is -0.675. The monoisotopic (exact) mass is 370 g/mol. The molecule has 0 bridgehead atoms. The van der Waals surface area contributed by atoms with Crippen LogP contribution in [0.15, 0.2) is 55.4 Å². The van der Waals surface area contributed by atoms with Crippen molar-refractivity contribution in [2.75, 3.05) is 11.0 Å². The van der Waals surface area contributed by atoms with E-state index in [9.17, 15) is 13.2 Å². The van der Waals surface area contributed by atoms with Crippen molar-refractivity contribution in [1.82, 2.24) is 4.98 Å². The Bertz CT molecular complexity index is 1040. The van der Waals surface area contributed by atoms with Crippen molar-refractivity contribution in [3.63, 3.8) is 0 Å². The van der Waals surface area contributed by atoms with E-state index in [0.29, 0.717) is 11.2 Å². The van der Waals surface area contributed by atoms with Gasteiger partial charge in [0.15, 0.2) is 5.58 Å². The van der Waals surface area contributed by atoms with Crippen LogP contribution in [0.1, 0.15) is 0 Å². The lowest BCUT2D eigenvalue weighted by molar-refractivity contribution is 0.554. The molecule has 6 nitrogen and oxygen atoms in total. The molecule has 23 heavy (non-hydrogen) atoms. The van der Waals surface area contributed by atoms with E-state index in [4.69, 9.17) is 16.0 Å².